The summed E-state index contributed by atoms with van der Waals surface area (Å²) in [7, 11) is 0. The average Bonchev–Trinajstić information content (AvgIpc) is 3.51. The molecule has 0 aliphatic heterocycles. The Kier molecular flexibility index (Phi) is 8.52. The molecule has 0 bridgehead atoms. The molecule has 1 aliphatic carbocycles. The zero-order valence-corrected chi connectivity index (χ0v) is 22.6. The summed E-state index contributed by atoms with van der Waals surface area (Å²) in [5.74, 6) is 0.285. The van der Waals surface area contributed by atoms with Gasteiger partial charge in [0.2, 0.25) is 11.8 Å². The molecule has 0 unspecified atom stereocenters. The largest absolute Gasteiger partial charge is 0.352 e. The van der Waals surface area contributed by atoms with E-state index in [2.05, 4.69) is 66.8 Å². The zero-order valence-electron chi connectivity index (χ0n) is 22.6. The zero-order chi connectivity index (χ0) is 27.0. The SMILES string of the molecule is Cc1cccc(CN(C(=O)C2CCCC2)c2ccc(CC(=O)NCc3ccc(-c4ccccc4)cc3)cc2)c1. The van der Waals surface area contributed by atoms with Gasteiger partial charge in [0.05, 0.1) is 13.0 Å². The van der Waals surface area contributed by atoms with Crippen molar-refractivity contribution in [2.45, 2.75) is 52.1 Å². The maximum atomic E-state index is 13.5. The van der Waals surface area contributed by atoms with Gasteiger partial charge in [-0.25, -0.2) is 0 Å². The minimum atomic E-state index is -0.0199. The lowest BCUT2D eigenvalue weighted by atomic mass is 10.0. The van der Waals surface area contributed by atoms with E-state index in [4.69, 9.17) is 0 Å². The van der Waals surface area contributed by atoms with Crippen LogP contribution in [-0.4, -0.2) is 11.8 Å². The lowest BCUT2D eigenvalue weighted by Gasteiger charge is -2.26. The molecule has 1 fully saturated rings. The molecule has 39 heavy (non-hydrogen) atoms. The second-order valence-electron chi connectivity index (χ2n) is 10.6. The Labute approximate surface area is 231 Å². The quantitative estimate of drug-likeness (QED) is 0.255. The van der Waals surface area contributed by atoms with E-state index in [1.54, 1.807) is 0 Å². The third-order valence-electron chi connectivity index (χ3n) is 7.56. The molecule has 4 aromatic carbocycles. The molecule has 0 saturated heterocycles. The molecular formula is C35H36N2O2. The second kappa shape index (κ2) is 12.6. The number of benzene rings is 4. The third kappa shape index (κ3) is 7.02. The van der Waals surface area contributed by atoms with Gasteiger partial charge in [0.25, 0.3) is 0 Å². The Morgan fingerprint density at radius 3 is 2.10 bits per heavy atom. The van der Waals surface area contributed by atoms with Gasteiger partial charge in [-0.05, 0) is 59.7 Å². The molecule has 0 radical (unpaired) electrons. The number of nitrogens with zero attached hydrogens (tertiary/aromatic N) is 1. The first kappa shape index (κ1) is 26.4. The number of hydrogen-bond acceptors (Lipinski definition) is 2. The van der Waals surface area contributed by atoms with Gasteiger partial charge in [-0.1, -0.05) is 109 Å². The van der Waals surface area contributed by atoms with Gasteiger partial charge in [0.1, 0.15) is 0 Å². The summed E-state index contributed by atoms with van der Waals surface area (Å²) in [5.41, 5.74) is 7.54. The van der Waals surface area contributed by atoms with E-state index < -0.39 is 0 Å². The molecule has 2 amide bonds. The number of anilines is 1. The lowest BCUT2D eigenvalue weighted by molar-refractivity contribution is -0.122. The number of amides is 2. The van der Waals surface area contributed by atoms with Gasteiger partial charge < -0.3 is 10.2 Å². The first-order valence-electron chi connectivity index (χ1n) is 13.9. The van der Waals surface area contributed by atoms with Crippen molar-refractivity contribution in [1.82, 2.24) is 5.32 Å². The van der Waals surface area contributed by atoms with Gasteiger partial charge >= 0.3 is 0 Å². The van der Waals surface area contributed by atoms with Crippen LogP contribution in [0.25, 0.3) is 11.1 Å². The molecule has 0 atom stereocenters. The van der Waals surface area contributed by atoms with Gasteiger partial charge in [-0.15, -0.1) is 0 Å². The summed E-state index contributed by atoms with van der Waals surface area (Å²) in [6, 6.07) is 34.8. The average molecular weight is 517 g/mol. The molecule has 0 spiro atoms. The smallest absolute Gasteiger partial charge is 0.230 e. The highest BCUT2D eigenvalue weighted by molar-refractivity contribution is 5.95. The Bertz CT molecular complexity index is 1390. The van der Waals surface area contributed by atoms with E-state index in [0.717, 1.165) is 53.6 Å². The summed E-state index contributed by atoms with van der Waals surface area (Å²) in [4.78, 5) is 28.1. The summed E-state index contributed by atoms with van der Waals surface area (Å²) in [5, 5.41) is 3.03. The molecule has 4 heteroatoms. The van der Waals surface area contributed by atoms with E-state index in [1.807, 2.05) is 53.4 Å². The van der Waals surface area contributed by atoms with E-state index in [-0.39, 0.29) is 17.7 Å². The summed E-state index contributed by atoms with van der Waals surface area (Å²) < 4.78 is 0. The number of carbonyl (C=O) groups excluding carboxylic acids is 2. The minimum Gasteiger partial charge on any atom is -0.352 e. The van der Waals surface area contributed by atoms with Crippen molar-refractivity contribution >= 4 is 17.5 Å². The van der Waals surface area contributed by atoms with Crippen molar-refractivity contribution in [1.29, 1.82) is 0 Å². The number of carbonyl (C=O) groups is 2. The fourth-order valence-electron chi connectivity index (χ4n) is 5.37. The first-order valence-corrected chi connectivity index (χ1v) is 13.9. The normalized spacial score (nSPS) is 13.3. The standard InChI is InChI=1S/C35H36N2O2/c1-26-8-7-9-29(22-26)25-37(35(39)32-12-5-6-13-32)33-20-16-27(17-21-33)23-34(38)36-24-28-14-18-31(19-15-28)30-10-3-2-4-11-30/h2-4,7-11,14-22,32H,5-6,12-13,23-25H2,1H3,(H,36,38). The maximum Gasteiger partial charge on any atom is 0.230 e. The van der Waals surface area contributed by atoms with E-state index in [0.29, 0.717) is 19.5 Å². The van der Waals surface area contributed by atoms with Gasteiger partial charge in [-0.3, -0.25) is 9.59 Å². The van der Waals surface area contributed by atoms with E-state index in [9.17, 15) is 9.59 Å². The second-order valence-corrected chi connectivity index (χ2v) is 10.6. The molecule has 1 saturated carbocycles. The van der Waals surface area contributed by atoms with E-state index >= 15 is 0 Å². The molecule has 1 aliphatic rings. The minimum absolute atomic E-state index is 0.0199. The molecule has 5 rings (SSSR count). The Morgan fingerprint density at radius 2 is 1.41 bits per heavy atom. The number of hydrogen-bond donors (Lipinski definition) is 1. The van der Waals surface area contributed by atoms with Crippen LogP contribution in [0.4, 0.5) is 5.69 Å². The van der Waals surface area contributed by atoms with Crippen molar-refractivity contribution in [2.75, 3.05) is 4.90 Å². The van der Waals surface area contributed by atoms with Crippen LogP contribution < -0.4 is 10.2 Å². The van der Waals surface area contributed by atoms with Crippen molar-refractivity contribution < 1.29 is 9.59 Å². The fraction of sp³-hybridized carbons (Fsp3) is 0.257. The topological polar surface area (TPSA) is 49.4 Å². The van der Waals surface area contributed by atoms with Gasteiger partial charge in [-0.2, -0.15) is 0 Å². The van der Waals surface area contributed by atoms with Crippen LogP contribution in [0.1, 0.15) is 47.9 Å². The van der Waals surface area contributed by atoms with Crippen LogP contribution in [0, 0.1) is 12.8 Å². The van der Waals surface area contributed by atoms with E-state index in [1.165, 1.54) is 11.1 Å². The Balaban J connectivity index is 1.20. The summed E-state index contributed by atoms with van der Waals surface area (Å²) in [6.45, 7) is 3.12. The highest BCUT2D eigenvalue weighted by Crippen LogP contribution is 2.30. The van der Waals surface area contributed by atoms with Crippen molar-refractivity contribution in [3.8, 4) is 11.1 Å². The van der Waals surface area contributed by atoms with Crippen LogP contribution in [-0.2, 0) is 29.1 Å². The Morgan fingerprint density at radius 1 is 0.744 bits per heavy atom. The molecular weight excluding hydrogens is 480 g/mol. The lowest BCUT2D eigenvalue weighted by Crippen LogP contribution is -2.35. The maximum absolute atomic E-state index is 13.5. The summed E-state index contributed by atoms with van der Waals surface area (Å²) in [6.07, 6.45) is 4.49. The van der Waals surface area contributed by atoms with Gasteiger partial charge in [0, 0.05) is 18.2 Å². The van der Waals surface area contributed by atoms with Crippen LogP contribution in [0.2, 0.25) is 0 Å². The predicted molar refractivity (Wildman–Crippen MR) is 158 cm³/mol. The molecule has 1 N–H and O–H groups in total. The molecule has 0 heterocycles. The Hall–Kier alpha value is -4.18. The number of aryl methyl sites for hydroxylation is 1. The summed E-state index contributed by atoms with van der Waals surface area (Å²) >= 11 is 0. The number of rotatable bonds is 9. The fourth-order valence-corrected chi connectivity index (χ4v) is 5.37. The van der Waals surface area contributed by atoms with Crippen LogP contribution >= 0.6 is 0 Å². The third-order valence-corrected chi connectivity index (χ3v) is 7.56. The molecule has 0 aromatic heterocycles. The molecule has 4 aromatic rings. The first-order chi connectivity index (χ1) is 19.0. The van der Waals surface area contributed by atoms with Crippen LogP contribution in [0.5, 0.6) is 0 Å². The number of nitrogens with one attached hydrogen (secondary N) is 1. The molecule has 198 valence electrons. The van der Waals surface area contributed by atoms with Gasteiger partial charge in [0.15, 0.2) is 0 Å². The van der Waals surface area contributed by atoms with Crippen molar-refractivity contribution in [2.24, 2.45) is 5.92 Å². The predicted octanol–water partition coefficient (Wildman–Crippen LogP) is 7.24. The molecule has 4 nitrogen and oxygen atoms in total. The van der Waals surface area contributed by atoms with Crippen LogP contribution in [0.3, 0.4) is 0 Å². The highest BCUT2D eigenvalue weighted by atomic mass is 16.2. The van der Waals surface area contributed by atoms with Crippen molar-refractivity contribution in [3.05, 3.63) is 125 Å². The van der Waals surface area contributed by atoms with Crippen molar-refractivity contribution in [3.63, 3.8) is 0 Å². The monoisotopic (exact) mass is 516 g/mol. The van der Waals surface area contributed by atoms with Crippen LogP contribution in [0.15, 0.2) is 103 Å². The highest BCUT2D eigenvalue weighted by Gasteiger charge is 2.28.